The topological polar surface area (TPSA) is 73.9 Å². The summed E-state index contributed by atoms with van der Waals surface area (Å²) in [6.07, 6.45) is 1.09. The van der Waals surface area contributed by atoms with E-state index in [2.05, 4.69) is 5.32 Å². The van der Waals surface area contributed by atoms with Crippen molar-refractivity contribution in [2.75, 3.05) is 12.0 Å². The van der Waals surface area contributed by atoms with Gasteiger partial charge in [0.2, 0.25) is 5.79 Å². The summed E-state index contributed by atoms with van der Waals surface area (Å²) in [5.74, 6) is -0.398. The lowest BCUT2D eigenvalue weighted by molar-refractivity contribution is -0.222. The first kappa shape index (κ1) is 20.1. The minimum Gasteiger partial charge on any atom is -0.444 e. The summed E-state index contributed by atoms with van der Waals surface area (Å²) in [5.41, 5.74) is -0.558. The maximum Gasteiger partial charge on any atom is 0.407 e. The van der Waals surface area contributed by atoms with Crippen molar-refractivity contribution in [3.8, 4) is 0 Å². The lowest BCUT2D eigenvalue weighted by atomic mass is 10.2. The first-order valence-corrected chi connectivity index (χ1v) is 8.18. The molecule has 2 unspecified atom stereocenters. The normalized spacial score (nSPS) is 15.0. The number of nitrogens with one attached hydrogen (secondary N) is 1. The van der Waals surface area contributed by atoms with E-state index >= 15 is 0 Å². The lowest BCUT2D eigenvalue weighted by Gasteiger charge is -2.32. The summed E-state index contributed by atoms with van der Waals surface area (Å²) < 4.78 is 15.8. The molecular formula is C14H27NO5S. The maximum absolute atomic E-state index is 11.9. The number of thioether (sulfide) groups is 1. The third-order valence-electron chi connectivity index (χ3n) is 2.42. The van der Waals surface area contributed by atoms with Crippen LogP contribution in [0.1, 0.15) is 41.5 Å². The summed E-state index contributed by atoms with van der Waals surface area (Å²) >= 11 is 1.58. The maximum atomic E-state index is 11.9. The SMILES string of the molecule is CSCC(NC(=O)OC(C)(C)C)C(C)OC(C)(C)OC=O. The van der Waals surface area contributed by atoms with E-state index in [4.69, 9.17) is 14.2 Å². The molecule has 7 heteroatoms. The summed E-state index contributed by atoms with van der Waals surface area (Å²) in [6.45, 7) is 10.8. The fraction of sp³-hybridized carbons (Fsp3) is 0.857. The number of rotatable bonds is 8. The molecule has 0 rings (SSSR count). The van der Waals surface area contributed by atoms with Gasteiger partial charge < -0.3 is 19.5 Å². The summed E-state index contributed by atoms with van der Waals surface area (Å²) in [6, 6.07) is -0.260. The smallest absolute Gasteiger partial charge is 0.407 e. The molecular weight excluding hydrogens is 294 g/mol. The predicted molar refractivity (Wildman–Crippen MR) is 83.3 cm³/mol. The molecule has 0 aliphatic carbocycles. The van der Waals surface area contributed by atoms with E-state index in [1.54, 1.807) is 46.4 Å². The van der Waals surface area contributed by atoms with Crippen molar-refractivity contribution in [1.29, 1.82) is 0 Å². The van der Waals surface area contributed by atoms with E-state index in [0.29, 0.717) is 12.2 Å². The minimum absolute atomic E-state index is 0.260. The molecule has 0 heterocycles. The van der Waals surface area contributed by atoms with Crippen LogP contribution in [0.4, 0.5) is 4.79 Å². The van der Waals surface area contributed by atoms with Gasteiger partial charge in [-0.25, -0.2) is 4.79 Å². The van der Waals surface area contributed by atoms with Crippen LogP contribution >= 0.6 is 11.8 Å². The Balaban J connectivity index is 4.66. The van der Waals surface area contributed by atoms with Gasteiger partial charge in [-0.2, -0.15) is 11.8 Å². The van der Waals surface area contributed by atoms with E-state index in [1.165, 1.54) is 0 Å². The van der Waals surface area contributed by atoms with Gasteiger partial charge in [-0.05, 0) is 34.0 Å². The third kappa shape index (κ3) is 9.57. The van der Waals surface area contributed by atoms with Gasteiger partial charge in [0, 0.05) is 19.6 Å². The van der Waals surface area contributed by atoms with E-state index in [9.17, 15) is 9.59 Å². The number of carbonyl (C=O) groups excluding carboxylic acids is 2. The summed E-state index contributed by atoms with van der Waals surface area (Å²) in [7, 11) is 0. The van der Waals surface area contributed by atoms with Gasteiger partial charge in [-0.15, -0.1) is 0 Å². The van der Waals surface area contributed by atoms with Crippen molar-refractivity contribution in [2.45, 2.75) is 65.1 Å². The molecule has 0 saturated carbocycles. The molecule has 124 valence electrons. The van der Waals surface area contributed by atoms with Gasteiger partial charge in [-0.3, -0.25) is 4.79 Å². The monoisotopic (exact) mass is 321 g/mol. The zero-order chi connectivity index (χ0) is 16.7. The Morgan fingerprint density at radius 2 is 1.86 bits per heavy atom. The number of hydrogen-bond donors (Lipinski definition) is 1. The highest BCUT2D eigenvalue weighted by atomic mass is 32.2. The standard InChI is InChI=1S/C14H27NO5S/c1-10(19-14(5,6)18-9-16)11(8-21-7)15-12(17)20-13(2,3)4/h9-11H,8H2,1-7H3,(H,15,17). The van der Waals surface area contributed by atoms with E-state index < -0.39 is 17.5 Å². The number of ether oxygens (including phenoxy) is 3. The molecule has 0 aromatic heterocycles. The Morgan fingerprint density at radius 3 is 2.29 bits per heavy atom. The highest BCUT2D eigenvalue weighted by Crippen LogP contribution is 2.17. The second kappa shape index (κ2) is 8.48. The van der Waals surface area contributed by atoms with Crippen LogP contribution < -0.4 is 5.32 Å². The van der Waals surface area contributed by atoms with Gasteiger partial charge in [0.1, 0.15) is 5.60 Å². The highest BCUT2D eigenvalue weighted by Gasteiger charge is 2.29. The molecule has 0 spiro atoms. The molecule has 0 saturated heterocycles. The molecule has 6 nitrogen and oxygen atoms in total. The predicted octanol–water partition coefficient (Wildman–Crippen LogP) is 2.56. The molecule has 1 N–H and O–H groups in total. The first-order valence-electron chi connectivity index (χ1n) is 6.78. The van der Waals surface area contributed by atoms with Gasteiger partial charge >= 0.3 is 6.09 Å². The number of amides is 1. The molecule has 0 bridgehead atoms. The van der Waals surface area contributed by atoms with Crippen LogP contribution in [0.2, 0.25) is 0 Å². The average Bonchev–Trinajstić information content (AvgIpc) is 2.24. The second-order valence-corrected chi connectivity index (χ2v) is 7.06. The quantitative estimate of drug-likeness (QED) is 0.547. The summed E-state index contributed by atoms with van der Waals surface area (Å²) in [5, 5.41) is 2.79. The number of hydrogen-bond acceptors (Lipinski definition) is 6. The van der Waals surface area contributed by atoms with Gasteiger partial charge in [0.05, 0.1) is 12.1 Å². The van der Waals surface area contributed by atoms with Crippen molar-refractivity contribution in [2.24, 2.45) is 0 Å². The Hall–Kier alpha value is -0.950. The summed E-state index contributed by atoms with van der Waals surface area (Å²) in [4.78, 5) is 22.3. The van der Waals surface area contributed by atoms with Crippen molar-refractivity contribution >= 4 is 24.3 Å². The van der Waals surface area contributed by atoms with Crippen LogP contribution in [0, 0.1) is 0 Å². The Kier molecular flexibility index (Phi) is 8.10. The van der Waals surface area contributed by atoms with Crippen LogP contribution in [-0.2, 0) is 19.0 Å². The Labute approximate surface area is 131 Å². The van der Waals surface area contributed by atoms with Gasteiger partial charge in [-0.1, -0.05) is 0 Å². The van der Waals surface area contributed by atoms with Crippen LogP contribution in [0.25, 0.3) is 0 Å². The van der Waals surface area contributed by atoms with Crippen LogP contribution in [-0.4, -0.2) is 48.1 Å². The van der Waals surface area contributed by atoms with Crippen molar-refractivity contribution in [3.05, 3.63) is 0 Å². The van der Waals surface area contributed by atoms with Crippen LogP contribution in [0.5, 0.6) is 0 Å². The third-order valence-corrected chi connectivity index (χ3v) is 3.11. The van der Waals surface area contributed by atoms with Gasteiger partial charge in [0.15, 0.2) is 0 Å². The largest absolute Gasteiger partial charge is 0.444 e. The second-order valence-electron chi connectivity index (χ2n) is 6.14. The molecule has 0 aromatic rings. The average molecular weight is 321 g/mol. The molecule has 0 radical (unpaired) electrons. The van der Waals surface area contributed by atoms with Crippen LogP contribution in [0.15, 0.2) is 0 Å². The van der Waals surface area contributed by atoms with Crippen LogP contribution in [0.3, 0.4) is 0 Å². The van der Waals surface area contributed by atoms with Crippen molar-refractivity contribution in [3.63, 3.8) is 0 Å². The number of carbonyl (C=O) groups is 2. The lowest BCUT2D eigenvalue weighted by Crippen LogP contribution is -2.49. The van der Waals surface area contributed by atoms with Gasteiger partial charge in [0.25, 0.3) is 6.47 Å². The Bertz CT molecular complexity index is 341. The highest BCUT2D eigenvalue weighted by molar-refractivity contribution is 7.98. The molecule has 0 aliphatic heterocycles. The fourth-order valence-electron chi connectivity index (χ4n) is 1.61. The molecule has 1 amide bonds. The molecule has 0 aromatic carbocycles. The molecule has 0 aliphatic rings. The van der Waals surface area contributed by atoms with E-state index in [-0.39, 0.29) is 12.1 Å². The fourth-order valence-corrected chi connectivity index (χ4v) is 2.32. The minimum atomic E-state index is -1.05. The molecule has 0 fully saturated rings. The van der Waals surface area contributed by atoms with E-state index in [0.717, 1.165) is 0 Å². The van der Waals surface area contributed by atoms with Crippen molar-refractivity contribution < 1.29 is 23.8 Å². The molecule has 21 heavy (non-hydrogen) atoms. The van der Waals surface area contributed by atoms with Crippen molar-refractivity contribution in [1.82, 2.24) is 5.32 Å². The zero-order valence-corrected chi connectivity index (χ0v) is 14.7. The zero-order valence-electron chi connectivity index (χ0n) is 13.9. The number of alkyl carbamates (subject to hydrolysis) is 1. The first-order chi connectivity index (χ1) is 9.50. The van der Waals surface area contributed by atoms with E-state index in [1.807, 2.05) is 13.2 Å². The molecule has 2 atom stereocenters. The Morgan fingerprint density at radius 1 is 1.29 bits per heavy atom.